The Bertz CT molecular complexity index is 681. The minimum Gasteiger partial charge on any atom is -0.279 e. The fourth-order valence-electron chi connectivity index (χ4n) is 1.84. The van der Waals surface area contributed by atoms with Crippen molar-refractivity contribution in [2.45, 2.75) is 18.2 Å². The molecule has 0 aromatic heterocycles. The van der Waals surface area contributed by atoms with Gasteiger partial charge in [0.05, 0.1) is 10.6 Å². The van der Waals surface area contributed by atoms with E-state index in [2.05, 4.69) is 4.72 Å². The summed E-state index contributed by atoms with van der Waals surface area (Å²) in [5.74, 6) is 0.521. The molecule has 3 nitrogen and oxygen atoms in total. The minimum atomic E-state index is -3.55. The third-order valence-corrected chi connectivity index (χ3v) is 4.58. The zero-order valence-corrected chi connectivity index (χ0v) is 12.7. The fraction of sp³-hybridized carbons (Fsp3) is 0.200. The van der Waals surface area contributed by atoms with Gasteiger partial charge in [0, 0.05) is 5.88 Å². The second kappa shape index (κ2) is 6.29. The monoisotopic (exact) mass is 309 g/mol. The molecule has 0 aliphatic heterocycles. The van der Waals surface area contributed by atoms with Crippen LogP contribution < -0.4 is 4.72 Å². The van der Waals surface area contributed by atoms with Crippen LogP contribution in [0.1, 0.15) is 11.1 Å². The van der Waals surface area contributed by atoms with Gasteiger partial charge in [-0.15, -0.1) is 11.6 Å². The first-order valence-corrected chi connectivity index (χ1v) is 8.28. The lowest BCUT2D eigenvalue weighted by Gasteiger charge is -2.10. The van der Waals surface area contributed by atoms with Crippen LogP contribution >= 0.6 is 11.6 Å². The summed E-state index contributed by atoms with van der Waals surface area (Å²) in [5.41, 5.74) is 2.50. The van der Waals surface area contributed by atoms with Gasteiger partial charge in [-0.2, -0.15) is 0 Å². The minimum absolute atomic E-state index is 0.249. The molecule has 106 valence electrons. The SMILES string of the molecule is Cc1ccccc1NS(=O)(=O)c1ccc(CCCl)cc1. The number of hydrogen-bond acceptors (Lipinski definition) is 2. The van der Waals surface area contributed by atoms with Crippen LogP contribution in [0, 0.1) is 6.92 Å². The van der Waals surface area contributed by atoms with E-state index in [0.29, 0.717) is 11.6 Å². The summed E-state index contributed by atoms with van der Waals surface area (Å²) in [4.78, 5) is 0.249. The van der Waals surface area contributed by atoms with Gasteiger partial charge in [-0.1, -0.05) is 30.3 Å². The standard InChI is InChI=1S/C15H16ClNO2S/c1-12-4-2-3-5-15(12)17-20(18,19)14-8-6-13(7-9-14)10-11-16/h2-9,17H,10-11H2,1H3. The Hall–Kier alpha value is -1.52. The van der Waals surface area contributed by atoms with E-state index in [1.807, 2.05) is 19.1 Å². The maximum atomic E-state index is 12.3. The first-order valence-electron chi connectivity index (χ1n) is 6.26. The number of sulfonamides is 1. The number of alkyl halides is 1. The lowest BCUT2D eigenvalue weighted by molar-refractivity contribution is 0.601. The Labute approximate surface area is 124 Å². The maximum Gasteiger partial charge on any atom is 0.261 e. The highest BCUT2D eigenvalue weighted by Gasteiger charge is 2.14. The van der Waals surface area contributed by atoms with E-state index in [9.17, 15) is 8.42 Å². The van der Waals surface area contributed by atoms with Gasteiger partial charge in [0.2, 0.25) is 0 Å². The third kappa shape index (κ3) is 3.52. The molecule has 20 heavy (non-hydrogen) atoms. The number of halogens is 1. The van der Waals surface area contributed by atoms with E-state index in [4.69, 9.17) is 11.6 Å². The number of rotatable bonds is 5. The molecule has 0 fully saturated rings. The molecule has 5 heteroatoms. The molecule has 0 amide bonds. The highest BCUT2D eigenvalue weighted by molar-refractivity contribution is 7.92. The highest BCUT2D eigenvalue weighted by atomic mass is 35.5. The number of hydrogen-bond donors (Lipinski definition) is 1. The van der Waals surface area contributed by atoms with Crippen molar-refractivity contribution in [2.75, 3.05) is 10.6 Å². The van der Waals surface area contributed by atoms with Crippen LogP contribution in [0.25, 0.3) is 0 Å². The second-order valence-corrected chi connectivity index (χ2v) is 6.56. The Morgan fingerprint density at radius 3 is 2.30 bits per heavy atom. The Morgan fingerprint density at radius 2 is 1.70 bits per heavy atom. The second-order valence-electron chi connectivity index (χ2n) is 4.50. The van der Waals surface area contributed by atoms with Crippen molar-refractivity contribution in [1.82, 2.24) is 0 Å². The van der Waals surface area contributed by atoms with Gasteiger partial charge in [0.25, 0.3) is 10.0 Å². The van der Waals surface area contributed by atoms with Gasteiger partial charge in [-0.25, -0.2) is 8.42 Å². The number of nitrogens with one attached hydrogen (secondary N) is 1. The average Bonchev–Trinajstić information content (AvgIpc) is 2.42. The molecule has 0 atom stereocenters. The van der Waals surface area contributed by atoms with Crippen LogP contribution in [0.2, 0.25) is 0 Å². The number of anilines is 1. The summed E-state index contributed by atoms with van der Waals surface area (Å²) < 4.78 is 27.2. The van der Waals surface area contributed by atoms with Gasteiger partial charge in [-0.3, -0.25) is 4.72 Å². The first kappa shape index (κ1) is 14.9. The quantitative estimate of drug-likeness (QED) is 0.858. The molecular formula is C15H16ClNO2S. The number of aryl methyl sites for hydroxylation is 2. The smallest absolute Gasteiger partial charge is 0.261 e. The van der Waals surface area contributed by atoms with Crippen molar-refractivity contribution in [2.24, 2.45) is 0 Å². The molecule has 2 aromatic carbocycles. The lowest BCUT2D eigenvalue weighted by atomic mass is 10.2. The van der Waals surface area contributed by atoms with Crippen molar-refractivity contribution in [3.8, 4) is 0 Å². The first-order chi connectivity index (χ1) is 9.53. The Balaban J connectivity index is 2.24. The topological polar surface area (TPSA) is 46.2 Å². The Morgan fingerprint density at radius 1 is 1.05 bits per heavy atom. The van der Waals surface area contributed by atoms with Crippen LogP contribution in [0.3, 0.4) is 0 Å². The molecule has 2 rings (SSSR count). The lowest BCUT2D eigenvalue weighted by Crippen LogP contribution is -2.13. The van der Waals surface area contributed by atoms with Gasteiger partial charge in [-0.05, 0) is 42.7 Å². The van der Waals surface area contributed by atoms with Crippen LogP contribution in [-0.2, 0) is 16.4 Å². The van der Waals surface area contributed by atoms with Gasteiger partial charge in [0.1, 0.15) is 0 Å². The van der Waals surface area contributed by atoms with Crippen molar-refractivity contribution < 1.29 is 8.42 Å². The van der Waals surface area contributed by atoms with Crippen molar-refractivity contribution in [3.63, 3.8) is 0 Å². The van der Waals surface area contributed by atoms with E-state index in [0.717, 1.165) is 17.5 Å². The molecule has 0 radical (unpaired) electrons. The molecule has 0 unspecified atom stereocenters. The van der Waals surface area contributed by atoms with Crippen molar-refractivity contribution in [3.05, 3.63) is 59.7 Å². The van der Waals surface area contributed by atoms with Crippen molar-refractivity contribution in [1.29, 1.82) is 0 Å². The number of para-hydroxylation sites is 1. The van der Waals surface area contributed by atoms with Gasteiger partial charge >= 0.3 is 0 Å². The van der Waals surface area contributed by atoms with Crippen LogP contribution in [0.5, 0.6) is 0 Å². The molecule has 0 bridgehead atoms. The van der Waals surface area contributed by atoms with E-state index in [-0.39, 0.29) is 4.90 Å². The van der Waals surface area contributed by atoms with Crippen LogP contribution in [-0.4, -0.2) is 14.3 Å². The average molecular weight is 310 g/mol. The summed E-state index contributed by atoms with van der Waals surface area (Å²) in [6.45, 7) is 1.86. The molecule has 0 spiro atoms. The van der Waals surface area contributed by atoms with Crippen LogP contribution in [0.15, 0.2) is 53.4 Å². The predicted molar refractivity (Wildman–Crippen MR) is 82.9 cm³/mol. The summed E-state index contributed by atoms with van der Waals surface area (Å²) in [7, 11) is -3.55. The summed E-state index contributed by atoms with van der Waals surface area (Å²) in [6.07, 6.45) is 0.729. The van der Waals surface area contributed by atoms with E-state index >= 15 is 0 Å². The zero-order chi connectivity index (χ0) is 14.6. The van der Waals surface area contributed by atoms with E-state index in [1.54, 1.807) is 36.4 Å². The maximum absolute atomic E-state index is 12.3. The Kier molecular flexibility index (Phi) is 4.68. The van der Waals surface area contributed by atoms with E-state index in [1.165, 1.54) is 0 Å². The largest absolute Gasteiger partial charge is 0.279 e. The molecular weight excluding hydrogens is 294 g/mol. The molecule has 0 aliphatic rings. The fourth-order valence-corrected chi connectivity index (χ4v) is 3.18. The van der Waals surface area contributed by atoms with E-state index < -0.39 is 10.0 Å². The summed E-state index contributed by atoms with van der Waals surface area (Å²) in [6, 6.07) is 14.0. The molecule has 0 heterocycles. The number of benzene rings is 2. The third-order valence-electron chi connectivity index (χ3n) is 3.01. The van der Waals surface area contributed by atoms with Gasteiger partial charge in [0.15, 0.2) is 0 Å². The molecule has 0 saturated carbocycles. The van der Waals surface area contributed by atoms with Crippen molar-refractivity contribution >= 4 is 27.3 Å². The molecule has 0 aliphatic carbocycles. The van der Waals surface area contributed by atoms with Crippen LogP contribution in [0.4, 0.5) is 5.69 Å². The molecule has 0 saturated heterocycles. The summed E-state index contributed by atoms with van der Waals surface area (Å²) >= 11 is 5.66. The highest BCUT2D eigenvalue weighted by Crippen LogP contribution is 2.19. The molecule has 2 aromatic rings. The normalized spacial score (nSPS) is 11.3. The molecule has 1 N–H and O–H groups in total. The van der Waals surface area contributed by atoms with Gasteiger partial charge < -0.3 is 0 Å². The predicted octanol–water partition coefficient (Wildman–Crippen LogP) is 3.58. The summed E-state index contributed by atoms with van der Waals surface area (Å²) in [5, 5.41) is 0. The zero-order valence-electron chi connectivity index (χ0n) is 11.1.